The summed E-state index contributed by atoms with van der Waals surface area (Å²) in [6, 6.07) is 4.15. The maximum atomic E-state index is 9.13. The second-order valence-corrected chi connectivity index (χ2v) is 5.26. The van der Waals surface area contributed by atoms with Gasteiger partial charge in [-0.05, 0) is 43.9 Å². The van der Waals surface area contributed by atoms with Gasteiger partial charge in [-0.25, -0.2) is 0 Å². The Bertz CT molecular complexity index is 361. The molecule has 0 aliphatic heterocycles. The number of hydrogen-bond acceptors (Lipinski definition) is 2. The van der Waals surface area contributed by atoms with E-state index in [4.69, 9.17) is 10.8 Å². The minimum atomic E-state index is -0.542. The van der Waals surface area contributed by atoms with Crippen LogP contribution in [0.4, 0.5) is 0 Å². The van der Waals surface area contributed by atoms with Crippen LogP contribution in [0, 0.1) is 13.8 Å². The molecule has 84 valence electrons. The molecule has 0 aromatic heterocycles. The van der Waals surface area contributed by atoms with Gasteiger partial charge in [0.25, 0.3) is 0 Å². The fraction of sp³-hybridized carbons (Fsp3) is 0.500. The number of aliphatic hydroxyl groups is 1. The van der Waals surface area contributed by atoms with Crippen molar-refractivity contribution in [3.63, 3.8) is 0 Å². The average molecular weight is 272 g/mol. The fourth-order valence-electron chi connectivity index (χ4n) is 1.54. The Morgan fingerprint density at radius 3 is 2.53 bits per heavy atom. The Morgan fingerprint density at radius 1 is 1.40 bits per heavy atom. The van der Waals surface area contributed by atoms with E-state index in [2.05, 4.69) is 41.9 Å². The van der Waals surface area contributed by atoms with E-state index in [0.29, 0.717) is 6.42 Å². The molecule has 1 rings (SSSR count). The van der Waals surface area contributed by atoms with Crippen molar-refractivity contribution < 1.29 is 5.11 Å². The fourth-order valence-corrected chi connectivity index (χ4v) is 1.93. The molecule has 0 amide bonds. The summed E-state index contributed by atoms with van der Waals surface area (Å²) >= 11 is 3.56. The first kappa shape index (κ1) is 12.7. The lowest BCUT2D eigenvalue weighted by Crippen LogP contribution is -2.42. The normalized spacial score (nSPS) is 15.1. The van der Waals surface area contributed by atoms with E-state index in [1.165, 1.54) is 16.7 Å². The van der Waals surface area contributed by atoms with Crippen LogP contribution in [-0.2, 0) is 6.42 Å². The maximum Gasteiger partial charge on any atom is 0.0611 e. The van der Waals surface area contributed by atoms with Gasteiger partial charge in [0, 0.05) is 10.0 Å². The molecule has 0 bridgehead atoms. The smallest absolute Gasteiger partial charge is 0.0611 e. The molecule has 3 N–H and O–H groups in total. The third kappa shape index (κ3) is 3.03. The van der Waals surface area contributed by atoms with Crippen LogP contribution in [0.15, 0.2) is 16.6 Å². The Kier molecular flexibility index (Phi) is 3.93. The Labute approximate surface area is 99.6 Å². The zero-order chi connectivity index (χ0) is 11.6. The number of rotatable bonds is 3. The van der Waals surface area contributed by atoms with E-state index in [0.717, 1.165) is 4.47 Å². The average Bonchev–Trinajstić information content (AvgIpc) is 2.19. The van der Waals surface area contributed by atoms with E-state index in [-0.39, 0.29) is 6.61 Å². The number of nitrogens with two attached hydrogens (primary N) is 1. The minimum Gasteiger partial charge on any atom is -0.394 e. The lowest BCUT2D eigenvalue weighted by atomic mass is 9.91. The lowest BCUT2D eigenvalue weighted by Gasteiger charge is -2.23. The topological polar surface area (TPSA) is 46.2 Å². The van der Waals surface area contributed by atoms with Gasteiger partial charge in [0.1, 0.15) is 0 Å². The Balaban J connectivity index is 3.02. The van der Waals surface area contributed by atoms with E-state index >= 15 is 0 Å². The van der Waals surface area contributed by atoms with Gasteiger partial charge in [0.15, 0.2) is 0 Å². The molecule has 15 heavy (non-hydrogen) atoms. The predicted octanol–water partition coefficient (Wildman–Crippen LogP) is 2.32. The zero-order valence-electron chi connectivity index (χ0n) is 9.47. The first-order chi connectivity index (χ1) is 6.87. The van der Waals surface area contributed by atoms with Crippen LogP contribution < -0.4 is 5.73 Å². The summed E-state index contributed by atoms with van der Waals surface area (Å²) < 4.78 is 1.13. The van der Waals surface area contributed by atoms with Crippen LogP contribution in [0.2, 0.25) is 0 Å². The molecular formula is C12H18BrNO. The van der Waals surface area contributed by atoms with Crippen molar-refractivity contribution in [2.75, 3.05) is 6.61 Å². The van der Waals surface area contributed by atoms with Gasteiger partial charge in [-0.2, -0.15) is 0 Å². The molecule has 0 aliphatic rings. The molecule has 0 saturated heterocycles. The number of halogens is 1. The molecule has 1 unspecified atom stereocenters. The number of benzene rings is 1. The molecule has 3 heteroatoms. The van der Waals surface area contributed by atoms with Gasteiger partial charge in [0.05, 0.1) is 6.61 Å². The second kappa shape index (κ2) is 4.64. The minimum absolute atomic E-state index is 0.00205. The number of aliphatic hydroxyl groups excluding tert-OH is 1. The molecule has 0 heterocycles. The van der Waals surface area contributed by atoms with E-state index in [9.17, 15) is 0 Å². The molecule has 0 aliphatic carbocycles. The van der Waals surface area contributed by atoms with Crippen molar-refractivity contribution in [2.24, 2.45) is 5.73 Å². The van der Waals surface area contributed by atoms with Gasteiger partial charge in [-0.1, -0.05) is 28.1 Å². The number of hydrogen-bond donors (Lipinski definition) is 2. The summed E-state index contributed by atoms with van der Waals surface area (Å²) in [7, 11) is 0. The van der Waals surface area contributed by atoms with E-state index in [1.807, 2.05) is 6.92 Å². The van der Waals surface area contributed by atoms with Gasteiger partial charge >= 0.3 is 0 Å². The van der Waals surface area contributed by atoms with Crippen molar-refractivity contribution >= 4 is 15.9 Å². The highest BCUT2D eigenvalue weighted by atomic mass is 79.9. The first-order valence-electron chi connectivity index (χ1n) is 5.02. The summed E-state index contributed by atoms with van der Waals surface area (Å²) in [4.78, 5) is 0. The van der Waals surface area contributed by atoms with Crippen LogP contribution in [0.3, 0.4) is 0 Å². The third-order valence-electron chi connectivity index (χ3n) is 2.65. The van der Waals surface area contributed by atoms with Crippen molar-refractivity contribution in [3.05, 3.63) is 33.3 Å². The van der Waals surface area contributed by atoms with Crippen LogP contribution in [0.1, 0.15) is 23.6 Å². The van der Waals surface area contributed by atoms with Crippen molar-refractivity contribution in [2.45, 2.75) is 32.7 Å². The van der Waals surface area contributed by atoms with Gasteiger partial charge < -0.3 is 10.8 Å². The highest BCUT2D eigenvalue weighted by molar-refractivity contribution is 9.10. The summed E-state index contributed by atoms with van der Waals surface area (Å²) in [5.41, 5.74) is 9.01. The molecule has 1 aromatic rings. The molecular weight excluding hydrogens is 254 g/mol. The summed E-state index contributed by atoms with van der Waals surface area (Å²) in [5.74, 6) is 0. The Morgan fingerprint density at radius 2 is 2.00 bits per heavy atom. The van der Waals surface area contributed by atoms with Gasteiger partial charge in [0.2, 0.25) is 0 Å². The van der Waals surface area contributed by atoms with E-state index in [1.54, 1.807) is 0 Å². The molecule has 0 saturated carbocycles. The third-order valence-corrected chi connectivity index (χ3v) is 3.87. The quantitative estimate of drug-likeness (QED) is 0.887. The highest BCUT2D eigenvalue weighted by Crippen LogP contribution is 2.25. The lowest BCUT2D eigenvalue weighted by molar-refractivity contribution is 0.208. The summed E-state index contributed by atoms with van der Waals surface area (Å²) in [6.45, 7) is 5.99. The zero-order valence-corrected chi connectivity index (χ0v) is 11.1. The van der Waals surface area contributed by atoms with Crippen LogP contribution in [0.25, 0.3) is 0 Å². The van der Waals surface area contributed by atoms with Crippen molar-refractivity contribution in [3.8, 4) is 0 Å². The highest BCUT2D eigenvalue weighted by Gasteiger charge is 2.19. The van der Waals surface area contributed by atoms with Crippen LogP contribution in [-0.4, -0.2) is 17.3 Å². The molecule has 0 spiro atoms. The monoisotopic (exact) mass is 271 g/mol. The largest absolute Gasteiger partial charge is 0.394 e. The SMILES string of the molecule is Cc1ccc(CC(C)(N)CO)c(C)c1Br. The number of aryl methyl sites for hydroxylation is 1. The predicted molar refractivity (Wildman–Crippen MR) is 67.0 cm³/mol. The molecule has 0 fully saturated rings. The maximum absolute atomic E-state index is 9.13. The molecule has 1 aromatic carbocycles. The Hall–Kier alpha value is -0.380. The molecule has 0 radical (unpaired) electrons. The van der Waals surface area contributed by atoms with Crippen LogP contribution >= 0.6 is 15.9 Å². The van der Waals surface area contributed by atoms with Crippen molar-refractivity contribution in [1.29, 1.82) is 0 Å². The van der Waals surface area contributed by atoms with Gasteiger partial charge in [-0.3, -0.25) is 0 Å². The summed E-state index contributed by atoms with van der Waals surface area (Å²) in [5, 5.41) is 9.13. The summed E-state index contributed by atoms with van der Waals surface area (Å²) in [6.07, 6.45) is 0.689. The standard InChI is InChI=1S/C12H18BrNO/c1-8-4-5-10(9(2)11(8)13)6-12(3,14)7-15/h4-5,15H,6-7,14H2,1-3H3. The van der Waals surface area contributed by atoms with E-state index < -0.39 is 5.54 Å². The molecule has 1 atom stereocenters. The molecule has 2 nitrogen and oxygen atoms in total. The second-order valence-electron chi connectivity index (χ2n) is 4.47. The first-order valence-corrected chi connectivity index (χ1v) is 5.81. The van der Waals surface area contributed by atoms with Crippen molar-refractivity contribution in [1.82, 2.24) is 0 Å². The van der Waals surface area contributed by atoms with Crippen LogP contribution in [0.5, 0.6) is 0 Å². The van der Waals surface area contributed by atoms with Gasteiger partial charge in [-0.15, -0.1) is 0 Å².